The van der Waals surface area contributed by atoms with Crippen LogP contribution in [0.2, 0.25) is 0 Å². The number of benzene rings is 1. The van der Waals surface area contributed by atoms with Crippen molar-refractivity contribution in [1.29, 1.82) is 0 Å². The number of piperidine rings is 1. The van der Waals surface area contributed by atoms with E-state index in [0.717, 1.165) is 25.7 Å². The molecular formula is C19H27N3O6S. The molecule has 2 amide bonds. The highest BCUT2D eigenvalue weighted by Crippen LogP contribution is 2.21. The molecule has 1 aliphatic rings. The van der Waals surface area contributed by atoms with E-state index in [9.17, 15) is 22.8 Å². The molecule has 10 heteroatoms. The van der Waals surface area contributed by atoms with Crippen LogP contribution in [0.15, 0.2) is 29.2 Å². The largest absolute Gasteiger partial charge is 0.452 e. The molecule has 2 rings (SSSR count). The van der Waals surface area contributed by atoms with Gasteiger partial charge in [0.25, 0.3) is 5.91 Å². The summed E-state index contributed by atoms with van der Waals surface area (Å²) in [5, 5.41) is 4.95. The zero-order chi connectivity index (χ0) is 21.3. The summed E-state index contributed by atoms with van der Waals surface area (Å²) in [7, 11) is -3.67. The zero-order valence-corrected chi connectivity index (χ0v) is 17.3. The normalized spacial score (nSPS) is 14.8. The van der Waals surface area contributed by atoms with Gasteiger partial charge in [-0.2, -0.15) is 4.31 Å². The van der Waals surface area contributed by atoms with Crippen LogP contribution >= 0.6 is 0 Å². The number of carbonyl (C=O) groups is 3. The number of sulfonamides is 1. The van der Waals surface area contributed by atoms with Crippen LogP contribution in [0.5, 0.6) is 0 Å². The van der Waals surface area contributed by atoms with Crippen LogP contribution in [0.4, 0.5) is 0 Å². The van der Waals surface area contributed by atoms with Crippen molar-refractivity contribution in [2.75, 3.05) is 32.8 Å². The van der Waals surface area contributed by atoms with Crippen LogP contribution in [0, 0.1) is 0 Å². The Morgan fingerprint density at radius 3 is 2.48 bits per heavy atom. The van der Waals surface area contributed by atoms with E-state index in [1.54, 1.807) is 0 Å². The lowest BCUT2D eigenvalue weighted by atomic mass is 10.2. The number of nitrogens with one attached hydrogen (secondary N) is 2. The van der Waals surface area contributed by atoms with Gasteiger partial charge in [0.1, 0.15) is 0 Å². The van der Waals surface area contributed by atoms with E-state index in [1.165, 1.54) is 28.6 Å². The molecule has 160 valence electrons. The van der Waals surface area contributed by atoms with Gasteiger partial charge in [0.05, 0.1) is 17.0 Å². The van der Waals surface area contributed by atoms with E-state index in [-0.39, 0.29) is 22.9 Å². The minimum absolute atomic E-state index is 0.0193. The molecule has 1 aromatic carbocycles. The lowest BCUT2D eigenvalue weighted by molar-refractivity contribution is -0.127. The van der Waals surface area contributed by atoms with Crippen LogP contribution in [0.1, 0.15) is 43.0 Å². The summed E-state index contributed by atoms with van der Waals surface area (Å²) in [6.45, 7) is 2.57. The van der Waals surface area contributed by atoms with Crippen molar-refractivity contribution >= 4 is 27.8 Å². The second kappa shape index (κ2) is 10.9. The van der Waals surface area contributed by atoms with Gasteiger partial charge in [-0.05, 0) is 37.5 Å². The average molecular weight is 426 g/mol. The molecule has 2 N–H and O–H groups in total. The molecule has 1 aliphatic heterocycles. The number of hydrogen-bond donors (Lipinski definition) is 2. The third-order valence-electron chi connectivity index (χ3n) is 4.38. The number of hydrogen-bond acceptors (Lipinski definition) is 6. The molecule has 9 nitrogen and oxygen atoms in total. The second-order valence-electron chi connectivity index (χ2n) is 6.70. The van der Waals surface area contributed by atoms with E-state index in [0.29, 0.717) is 19.6 Å². The maximum absolute atomic E-state index is 12.7. The number of rotatable bonds is 9. The Bertz CT molecular complexity index is 834. The zero-order valence-electron chi connectivity index (χ0n) is 16.5. The first-order valence-electron chi connectivity index (χ1n) is 9.65. The van der Waals surface area contributed by atoms with E-state index >= 15 is 0 Å². The van der Waals surface area contributed by atoms with Gasteiger partial charge in [-0.3, -0.25) is 9.59 Å². The standard InChI is InChI=1S/C19H27N3O6S/c1-2-9-20-17(23)13-21-18(24)14-28-19(25)15-7-6-8-16(12-15)29(26,27)22-10-4-3-5-11-22/h6-8,12H,2-5,9-11,13-14H2,1H3,(H,20,23)(H,21,24). The number of nitrogens with zero attached hydrogens (tertiary/aromatic N) is 1. The fourth-order valence-electron chi connectivity index (χ4n) is 2.81. The predicted molar refractivity (Wildman–Crippen MR) is 106 cm³/mol. The summed E-state index contributed by atoms with van der Waals surface area (Å²) in [6, 6.07) is 5.57. The highest BCUT2D eigenvalue weighted by atomic mass is 32.2. The molecular weight excluding hydrogens is 398 g/mol. The Labute approximate surface area is 170 Å². The fraction of sp³-hybridized carbons (Fsp3) is 0.526. The summed E-state index contributed by atoms with van der Waals surface area (Å²) in [4.78, 5) is 35.4. The Balaban J connectivity index is 1.90. The highest BCUT2D eigenvalue weighted by molar-refractivity contribution is 7.89. The topological polar surface area (TPSA) is 122 Å². The van der Waals surface area contributed by atoms with E-state index in [4.69, 9.17) is 4.74 Å². The number of carbonyl (C=O) groups excluding carboxylic acids is 3. The molecule has 1 heterocycles. The van der Waals surface area contributed by atoms with Gasteiger partial charge >= 0.3 is 5.97 Å². The Morgan fingerprint density at radius 2 is 1.79 bits per heavy atom. The second-order valence-corrected chi connectivity index (χ2v) is 8.63. The van der Waals surface area contributed by atoms with Gasteiger partial charge in [0.15, 0.2) is 6.61 Å². The van der Waals surface area contributed by atoms with E-state index in [2.05, 4.69) is 10.6 Å². The molecule has 1 fully saturated rings. The number of esters is 1. The maximum Gasteiger partial charge on any atom is 0.338 e. The van der Waals surface area contributed by atoms with Crippen LogP contribution in [0.3, 0.4) is 0 Å². The summed E-state index contributed by atoms with van der Waals surface area (Å²) in [5.74, 6) is -1.77. The maximum atomic E-state index is 12.7. The number of ether oxygens (including phenoxy) is 1. The van der Waals surface area contributed by atoms with Gasteiger partial charge < -0.3 is 15.4 Å². The smallest absolute Gasteiger partial charge is 0.338 e. The van der Waals surface area contributed by atoms with Gasteiger partial charge in [-0.1, -0.05) is 19.4 Å². The Kier molecular flexibility index (Phi) is 8.59. The van der Waals surface area contributed by atoms with Crippen LogP contribution in [0.25, 0.3) is 0 Å². The molecule has 29 heavy (non-hydrogen) atoms. The molecule has 0 aliphatic carbocycles. The number of amides is 2. The summed E-state index contributed by atoms with van der Waals surface area (Å²) in [5.41, 5.74) is 0.0385. The lowest BCUT2D eigenvalue weighted by Gasteiger charge is -2.25. The fourth-order valence-corrected chi connectivity index (χ4v) is 4.37. The van der Waals surface area contributed by atoms with Crippen molar-refractivity contribution in [1.82, 2.24) is 14.9 Å². The quantitative estimate of drug-likeness (QED) is 0.561. The first kappa shape index (κ1) is 22.8. The molecule has 0 aromatic heterocycles. The van der Waals surface area contributed by atoms with Gasteiger partial charge in [-0.15, -0.1) is 0 Å². The van der Waals surface area contributed by atoms with Crippen molar-refractivity contribution < 1.29 is 27.5 Å². The van der Waals surface area contributed by atoms with Crippen molar-refractivity contribution in [3.63, 3.8) is 0 Å². The molecule has 1 saturated heterocycles. The molecule has 1 aromatic rings. The molecule has 0 spiro atoms. The monoisotopic (exact) mass is 425 g/mol. The first-order valence-corrected chi connectivity index (χ1v) is 11.1. The molecule has 0 bridgehead atoms. The van der Waals surface area contributed by atoms with E-state index < -0.39 is 28.5 Å². The minimum Gasteiger partial charge on any atom is -0.452 e. The van der Waals surface area contributed by atoms with Crippen LogP contribution < -0.4 is 10.6 Å². The molecule has 0 radical (unpaired) electrons. The van der Waals surface area contributed by atoms with Gasteiger partial charge in [-0.25, -0.2) is 13.2 Å². The lowest BCUT2D eigenvalue weighted by Crippen LogP contribution is -2.39. The van der Waals surface area contributed by atoms with Crippen LogP contribution in [-0.4, -0.2) is 63.3 Å². The van der Waals surface area contributed by atoms with Crippen LogP contribution in [-0.2, 0) is 24.3 Å². The van der Waals surface area contributed by atoms with Crippen molar-refractivity contribution in [2.45, 2.75) is 37.5 Å². The molecule has 0 unspecified atom stereocenters. The van der Waals surface area contributed by atoms with E-state index in [1.807, 2.05) is 6.92 Å². The van der Waals surface area contributed by atoms with Crippen molar-refractivity contribution in [3.05, 3.63) is 29.8 Å². The SMILES string of the molecule is CCCNC(=O)CNC(=O)COC(=O)c1cccc(S(=O)(=O)N2CCCCC2)c1. The summed E-state index contributed by atoms with van der Waals surface area (Å²) in [6.07, 6.45) is 3.41. The first-order chi connectivity index (χ1) is 13.8. The summed E-state index contributed by atoms with van der Waals surface area (Å²) < 4.78 is 31.8. The van der Waals surface area contributed by atoms with Crippen molar-refractivity contribution in [3.8, 4) is 0 Å². The molecule has 0 saturated carbocycles. The van der Waals surface area contributed by atoms with Gasteiger partial charge in [0, 0.05) is 19.6 Å². The third kappa shape index (κ3) is 6.82. The minimum atomic E-state index is -3.67. The van der Waals surface area contributed by atoms with Crippen molar-refractivity contribution in [2.24, 2.45) is 0 Å². The highest BCUT2D eigenvalue weighted by Gasteiger charge is 2.26. The third-order valence-corrected chi connectivity index (χ3v) is 6.27. The Morgan fingerprint density at radius 1 is 1.07 bits per heavy atom. The summed E-state index contributed by atoms with van der Waals surface area (Å²) >= 11 is 0. The molecule has 0 atom stereocenters. The van der Waals surface area contributed by atoms with Gasteiger partial charge in [0.2, 0.25) is 15.9 Å². The Hall–Kier alpha value is -2.46. The average Bonchev–Trinajstić information content (AvgIpc) is 2.75. The predicted octanol–water partition coefficient (Wildman–Crippen LogP) is 0.660.